The van der Waals surface area contributed by atoms with Gasteiger partial charge in [0, 0.05) is 28.8 Å². The molecule has 1 saturated heterocycles. The standard InChI is InChI=1S/C26H24F3N3O6/c1-16-12-18(20-4-2-3-5-21(20)30-16)14-37-19-8-6-17(7-9-19)23(34)31-25(10-11-36-15-25)13-22(33)32-38-24(35)26(27,28)29/h2-9,12H,10-11,13-15H2,1H3,(H,31,34)(H,32,33). The number of hydrogen-bond donors (Lipinski definition) is 2. The van der Waals surface area contributed by atoms with Crippen LogP contribution < -0.4 is 15.5 Å². The van der Waals surface area contributed by atoms with Gasteiger partial charge in [-0.25, -0.2) is 4.79 Å². The number of ether oxygens (including phenoxy) is 2. The number of hydroxylamine groups is 1. The second-order valence-electron chi connectivity index (χ2n) is 8.88. The molecule has 200 valence electrons. The number of alkyl halides is 3. The quantitative estimate of drug-likeness (QED) is 0.448. The number of rotatable bonds is 7. The number of amides is 2. The number of nitrogens with one attached hydrogen (secondary N) is 2. The van der Waals surface area contributed by atoms with Crippen LogP contribution in [-0.2, 0) is 25.8 Å². The van der Waals surface area contributed by atoms with Gasteiger partial charge in [-0.3, -0.25) is 14.6 Å². The average Bonchev–Trinajstić information content (AvgIpc) is 3.33. The highest BCUT2D eigenvalue weighted by molar-refractivity contribution is 5.95. The number of carbonyl (C=O) groups excluding carboxylic acids is 3. The Bertz CT molecular complexity index is 1340. The van der Waals surface area contributed by atoms with Crippen molar-refractivity contribution < 1.29 is 41.9 Å². The number of nitrogens with zero attached hydrogens (tertiary/aromatic N) is 1. The number of hydrogen-bond acceptors (Lipinski definition) is 7. The van der Waals surface area contributed by atoms with Crippen LogP contribution in [0.4, 0.5) is 13.2 Å². The fourth-order valence-corrected chi connectivity index (χ4v) is 4.08. The molecule has 1 aromatic heterocycles. The topological polar surface area (TPSA) is 116 Å². The van der Waals surface area contributed by atoms with Crippen molar-refractivity contribution in [2.75, 3.05) is 13.2 Å². The van der Waals surface area contributed by atoms with Gasteiger partial charge in [-0.05, 0) is 49.7 Å². The van der Waals surface area contributed by atoms with E-state index in [0.29, 0.717) is 12.4 Å². The van der Waals surface area contributed by atoms with Gasteiger partial charge in [0.05, 0.1) is 24.1 Å². The maximum Gasteiger partial charge on any atom is 0.493 e. The highest BCUT2D eigenvalue weighted by atomic mass is 19.4. The molecule has 4 rings (SSSR count). The van der Waals surface area contributed by atoms with Crippen molar-refractivity contribution >= 4 is 28.7 Å². The number of benzene rings is 2. The van der Waals surface area contributed by atoms with E-state index < -0.39 is 35.9 Å². The Kier molecular flexibility index (Phi) is 7.81. The van der Waals surface area contributed by atoms with Gasteiger partial charge in [-0.15, -0.1) is 0 Å². The zero-order valence-corrected chi connectivity index (χ0v) is 20.3. The van der Waals surface area contributed by atoms with E-state index in [1.54, 1.807) is 24.3 Å². The summed E-state index contributed by atoms with van der Waals surface area (Å²) >= 11 is 0. The van der Waals surface area contributed by atoms with Crippen molar-refractivity contribution in [3.8, 4) is 5.75 Å². The lowest BCUT2D eigenvalue weighted by Crippen LogP contribution is -2.52. The minimum Gasteiger partial charge on any atom is -0.489 e. The molecule has 1 aliphatic heterocycles. The van der Waals surface area contributed by atoms with Crippen LogP contribution in [0.15, 0.2) is 54.6 Å². The molecule has 1 unspecified atom stereocenters. The SMILES string of the molecule is Cc1cc(COc2ccc(C(=O)NC3(CC(=O)NOC(=O)C(F)(F)F)CCOC3)cc2)c2ccccc2n1. The molecular formula is C26H24F3N3O6. The van der Waals surface area contributed by atoms with Crippen molar-refractivity contribution in [2.24, 2.45) is 0 Å². The predicted octanol–water partition coefficient (Wildman–Crippen LogP) is 3.54. The second-order valence-corrected chi connectivity index (χ2v) is 8.88. The third-order valence-corrected chi connectivity index (χ3v) is 5.91. The first-order valence-electron chi connectivity index (χ1n) is 11.6. The van der Waals surface area contributed by atoms with E-state index in [0.717, 1.165) is 22.2 Å². The normalized spacial score (nSPS) is 17.2. The van der Waals surface area contributed by atoms with Gasteiger partial charge < -0.3 is 19.6 Å². The summed E-state index contributed by atoms with van der Waals surface area (Å²) in [7, 11) is 0. The van der Waals surface area contributed by atoms with E-state index in [1.807, 2.05) is 37.3 Å². The van der Waals surface area contributed by atoms with E-state index in [-0.39, 0.29) is 25.2 Å². The van der Waals surface area contributed by atoms with Crippen LogP contribution in [0.5, 0.6) is 5.75 Å². The molecule has 2 N–H and O–H groups in total. The van der Waals surface area contributed by atoms with Gasteiger partial charge in [0.25, 0.3) is 11.8 Å². The van der Waals surface area contributed by atoms with Crippen molar-refractivity contribution in [3.05, 3.63) is 71.4 Å². The average molecular weight is 531 g/mol. The lowest BCUT2D eigenvalue weighted by atomic mass is 9.93. The minimum atomic E-state index is -5.25. The van der Waals surface area contributed by atoms with E-state index in [9.17, 15) is 27.6 Å². The summed E-state index contributed by atoms with van der Waals surface area (Å²) < 4.78 is 48.0. The Labute approximate surface area is 215 Å². The lowest BCUT2D eigenvalue weighted by molar-refractivity contribution is -0.207. The lowest BCUT2D eigenvalue weighted by Gasteiger charge is -2.28. The number of fused-ring (bicyclic) bond motifs is 1. The fourth-order valence-electron chi connectivity index (χ4n) is 4.08. The van der Waals surface area contributed by atoms with Crippen molar-refractivity contribution in [3.63, 3.8) is 0 Å². The number of aryl methyl sites for hydroxylation is 1. The molecule has 3 aromatic rings. The van der Waals surface area contributed by atoms with Crippen molar-refractivity contribution in [2.45, 2.75) is 38.1 Å². The van der Waals surface area contributed by atoms with Gasteiger partial charge in [0.1, 0.15) is 12.4 Å². The summed E-state index contributed by atoms with van der Waals surface area (Å²) in [5.41, 5.74) is 3.27. The summed E-state index contributed by atoms with van der Waals surface area (Å²) in [6.45, 7) is 2.39. The predicted molar refractivity (Wildman–Crippen MR) is 128 cm³/mol. The maximum absolute atomic E-state index is 12.9. The van der Waals surface area contributed by atoms with Gasteiger partial charge in [0.2, 0.25) is 0 Å². The van der Waals surface area contributed by atoms with E-state index in [2.05, 4.69) is 15.1 Å². The van der Waals surface area contributed by atoms with Crippen molar-refractivity contribution in [1.29, 1.82) is 0 Å². The van der Waals surface area contributed by atoms with Gasteiger partial charge in [-0.2, -0.15) is 18.7 Å². The molecule has 12 heteroatoms. The first kappa shape index (κ1) is 26.9. The molecule has 0 bridgehead atoms. The summed E-state index contributed by atoms with van der Waals surface area (Å²) in [6.07, 6.45) is -5.47. The molecular weight excluding hydrogens is 507 g/mol. The summed E-state index contributed by atoms with van der Waals surface area (Å²) in [4.78, 5) is 44.1. The first-order chi connectivity index (χ1) is 18.0. The molecule has 1 atom stereocenters. The van der Waals surface area contributed by atoms with Gasteiger partial charge >= 0.3 is 12.1 Å². The molecule has 1 aliphatic rings. The molecule has 2 amide bonds. The van der Waals surface area contributed by atoms with Crippen LogP contribution in [-0.4, -0.2) is 47.7 Å². The third kappa shape index (κ3) is 6.57. The Morgan fingerprint density at radius 1 is 1.11 bits per heavy atom. The number of halogens is 3. The Morgan fingerprint density at radius 3 is 2.53 bits per heavy atom. The molecule has 9 nitrogen and oxygen atoms in total. The highest BCUT2D eigenvalue weighted by Crippen LogP contribution is 2.25. The summed E-state index contributed by atoms with van der Waals surface area (Å²) in [6, 6.07) is 16.1. The van der Waals surface area contributed by atoms with Crippen LogP contribution in [0.1, 0.15) is 34.5 Å². The molecule has 0 saturated carbocycles. The molecule has 0 spiro atoms. The molecule has 0 radical (unpaired) electrons. The van der Waals surface area contributed by atoms with E-state index in [1.165, 1.54) is 5.48 Å². The highest BCUT2D eigenvalue weighted by Gasteiger charge is 2.43. The number of para-hydroxylation sites is 1. The van der Waals surface area contributed by atoms with Gasteiger partial charge in [-0.1, -0.05) is 18.2 Å². The zero-order valence-electron chi connectivity index (χ0n) is 20.3. The minimum absolute atomic E-state index is 0.0418. The fraction of sp³-hybridized carbons (Fsp3) is 0.308. The van der Waals surface area contributed by atoms with Crippen LogP contribution in [0.25, 0.3) is 10.9 Å². The second kappa shape index (κ2) is 11.1. The third-order valence-electron chi connectivity index (χ3n) is 5.91. The first-order valence-corrected chi connectivity index (χ1v) is 11.6. The van der Waals surface area contributed by atoms with Crippen LogP contribution in [0.3, 0.4) is 0 Å². The number of carbonyl (C=O) groups is 3. The number of aromatic nitrogens is 1. The largest absolute Gasteiger partial charge is 0.493 e. The summed E-state index contributed by atoms with van der Waals surface area (Å²) in [5.74, 6) is -3.56. The Hall–Kier alpha value is -4.19. The monoisotopic (exact) mass is 531 g/mol. The maximum atomic E-state index is 12.9. The molecule has 0 aliphatic carbocycles. The Morgan fingerprint density at radius 2 is 1.84 bits per heavy atom. The molecule has 2 aromatic carbocycles. The summed E-state index contributed by atoms with van der Waals surface area (Å²) in [5, 5.41) is 3.71. The zero-order chi connectivity index (χ0) is 27.3. The van der Waals surface area contributed by atoms with E-state index >= 15 is 0 Å². The van der Waals surface area contributed by atoms with Crippen LogP contribution in [0, 0.1) is 6.92 Å². The van der Waals surface area contributed by atoms with Gasteiger partial charge in [0.15, 0.2) is 0 Å². The Balaban J connectivity index is 1.36. The number of pyridine rings is 1. The molecule has 2 heterocycles. The van der Waals surface area contributed by atoms with Crippen LogP contribution in [0.2, 0.25) is 0 Å². The molecule has 38 heavy (non-hydrogen) atoms. The van der Waals surface area contributed by atoms with Crippen molar-refractivity contribution in [1.82, 2.24) is 15.8 Å². The molecule has 1 fully saturated rings. The van der Waals surface area contributed by atoms with E-state index in [4.69, 9.17) is 9.47 Å². The smallest absolute Gasteiger partial charge is 0.489 e. The van der Waals surface area contributed by atoms with Crippen LogP contribution >= 0.6 is 0 Å².